The number of urea groups is 1. The normalized spacial score (nSPS) is 16.3. The van der Waals surface area contributed by atoms with Gasteiger partial charge >= 0.3 is 6.03 Å². The summed E-state index contributed by atoms with van der Waals surface area (Å²) in [5, 5.41) is 0. The molecule has 0 aliphatic carbocycles. The van der Waals surface area contributed by atoms with Gasteiger partial charge in [0.05, 0.1) is 11.5 Å². The summed E-state index contributed by atoms with van der Waals surface area (Å²) in [4.78, 5) is 16.2. The van der Waals surface area contributed by atoms with E-state index in [1.54, 1.807) is 4.90 Å². The smallest absolute Gasteiger partial charge is 0.320 e. The van der Waals surface area contributed by atoms with Crippen LogP contribution in [0.2, 0.25) is 0 Å². The number of piperidine rings is 1. The molecule has 4 nitrogen and oxygen atoms in total. The van der Waals surface area contributed by atoms with E-state index in [2.05, 4.69) is 0 Å². The molecule has 1 aliphatic rings. The highest BCUT2D eigenvalue weighted by atomic mass is 32.1. The van der Waals surface area contributed by atoms with E-state index in [4.69, 9.17) is 18.0 Å². The number of likely N-dealkylation sites (tertiary alicyclic amines) is 1. The molecule has 1 saturated heterocycles. The van der Waals surface area contributed by atoms with Gasteiger partial charge in [0.2, 0.25) is 0 Å². The first-order valence-electron chi connectivity index (χ1n) is 5.86. The van der Waals surface area contributed by atoms with Gasteiger partial charge in [-0.05, 0) is 33.1 Å². The molecule has 2 amide bonds. The number of thiocarbonyl (C=S) groups is 1. The van der Waals surface area contributed by atoms with Crippen molar-refractivity contribution >= 4 is 23.2 Å². The fraction of sp³-hybridized carbons (Fsp3) is 0.818. The highest BCUT2D eigenvalue weighted by Crippen LogP contribution is 2.12. The summed E-state index contributed by atoms with van der Waals surface area (Å²) < 4.78 is 0. The standard InChI is InChI=1S/C11H21N3OS/c1-9(2)14(8-10(12)16)11(15)13-6-4-3-5-7-13/h9H,3-8H2,1-2H3,(H2,12,16). The van der Waals surface area contributed by atoms with Crippen LogP contribution < -0.4 is 5.73 Å². The van der Waals surface area contributed by atoms with Gasteiger partial charge in [-0.25, -0.2) is 4.79 Å². The molecule has 1 heterocycles. The van der Waals surface area contributed by atoms with Crippen molar-refractivity contribution in [2.24, 2.45) is 5.73 Å². The maximum Gasteiger partial charge on any atom is 0.320 e. The fourth-order valence-electron chi connectivity index (χ4n) is 1.91. The van der Waals surface area contributed by atoms with Crippen LogP contribution in [-0.2, 0) is 0 Å². The Balaban J connectivity index is 2.61. The summed E-state index contributed by atoms with van der Waals surface area (Å²) in [5.41, 5.74) is 5.52. The third-order valence-corrected chi connectivity index (χ3v) is 2.95. The van der Waals surface area contributed by atoms with Crippen LogP contribution in [-0.4, -0.2) is 46.5 Å². The molecule has 5 heteroatoms. The first-order chi connectivity index (χ1) is 7.52. The second kappa shape index (κ2) is 6.03. The SMILES string of the molecule is CC(C)N(CC(N)=S)C(=O)N1CCCCC1. The second-order valence-electron chi connectivity index (χ2n) is 4.52. The Bertz CT molecular complexity index is 262. The van der Waals surface area contributed by atoms with Gasteiger partial charge in [0.25, 0.3) is 0 Å². The van der Waals surface area contributed by atoms with E-state index in [9.17, 15) is 4.79 Å². The van der Waals surface area contributed by atoms with E-state index < -0.39 is 0 Å². The summed E-state index contributed by atoms with van der Waals surface area (Å²) in [6, 6.07) is 0.207. The summed E-state index contributed by atoms with van der Waals surface area (Å²) in [5.74, 6) is 0. The zero-order valence-corrected chi connectivity index (χ0v) is 10.9. The minimum atomic E-state index is 0.0718. The van der Waals surface area contributed by atoms with Crippen LogP contribution in [0, 0.1) is 0 Å². The Morgan fingerprint density at radius 1 is 1.38 bits per heavy atom. The third kappa shape index (κ3) is 3.63. The minimum absolute atomic E-state index is 0.0718. The molecule has 0 bridgehead atoms. The maximum atomic E-state index is 12.2. The topological polar surface area (TPSA) is 49.6 Å². The molecule has 0 unspecified atom stereocenters. The van der Waals surface area contributed by atoms with Crippen LogP contribution in [0.4, 0.5) is 4.79 Å². The van der Waals surface area contributed by atoms with Gasteiger partial charge in [0, 0.05) is 19.1 Å². The molecule has 0 atom stereocenters. The molecule has 0 aromatic carbocycles. The Morgan fingerprint density at radius 2 is 1.94 bits per heavy atom. The lowest BCUT2D eigenvalue weighted by molar-refractivity contribution is 0.139. The first kappa shape index (κ1) is 13.2. The molecule has 0 radical (unpaired) electrons. The molecular formula is C11H21N3OS. The highest BCUT2D eigenvalue weighted by Gasteiger charge is 2.24. The molecular weight excluding hydrogens is 222 g/mol. The largest absolute Gasteiger partial charge is 0.392 e. The van der Waals surface area contributed by atoms with Crippen molar-refractivity contribution in [3.63, 3.8) is 0 Å². The lowest BCUT2D eigenvalue weighted by Crippen LogP contribution is -2.50. The Morgan fingerprint density at radius 3 is 2.38 bits per heavy atom. The van der Waals surface area contributed by atoms with Gasteiger partial charge < -0.3 is 15.5 Å². The van der Waals surface area contributed by atoms with Crippen molar-refractivity contribution in [1.29, 1.82) is 0 Å². The Hall–Kier alpha value is -0.840. The fourth-order valence-corrected chi connectivity index (χ4v) is 2.04. The number of amides is 2. The van der Waals surface area contributed by atoms with Crippen LogP contribution in [0.1, 0.15) is 33.1 Å². The molecule has 16 heavy (non-hydrogen) atoms. The predicted octanol–water partition coefficient (Wildman–Crippen LogP) is 1.59. The lowest BCUT2D eigenvalue weighted by Gasteiger charge is -2.34. The van der Waals surface area contributed by atoms with E-state index in [0.717, 1.165) is 25.9 Å². The zero-order valence-electron chi connectivity index (χ0n) is 10.1. The van der Waals surface area contributed by atoms with Crippen molar-refractivity contribution in [1.82, 2.24) is 9.80 Å². The quantitative estimate of drug-likeness (QED) is 0.766. The second-order valence-corrected chi connectivity index (χ2v) is 5.04. The highest BCUT2D eigenvalue weighted by molar-refractivity contribution is 7.80. The number of nitrogens with zero attached hydrogens (tertiary/aromatic N) is 2. The number of hydrogen-bond acceptors (Lipinski definition) is 2. The van der Waals surface area contributed by atoms with E-state index in [1.807, 2.05) is 18.7 Å². The summed E-state index contributed by atoms with van der Waals surface area (Å²) in [6.07, 6.45) is 3.43. The van der Waals surface area contributed by atoms with Crippen molar-refractivity contribution in [2.45, 2.75) is 39.2 Å². The van der Waals surface area contributed by atoms with Gasteiger partial charge in [0.15, 0.2) is 0 Å². The Kier molecular flexibility index (Phi) is 4.99. The average Bonchev–Trinajstić information content (AvgIpc) is 2.25. The van der Waals surface area contributed by atoms with E-state index in [0.29, 0.717) is 11.5 Å². The number of hydrogen-bond donors (Lipinski definition) is 1. The lowest BCUT2D eigenvalue weighted by atomic mass is 10.1. The monoisotopic (exact) mass is 243 g/mol. The third-order valence-electron chi connectivity index (χ3n) is 2.82. The molecule has 0 saturated carbocycles. The molecule has 2 N–H and O–H groups in total. The van der Waals surface area contributed by atoms with Gasteiger partial charge in [-0.1, -0.05) is 12.2 Å². The molecule has 0 aromatic heterocycles. The van der Waals surface area contributed by atoms with E-state index >= 15 is 0 Å². The van der Waals surface area contributed by atoms with Gasteiger partial charge in [0.1, 0.15) is 0 Å². The molecule has 0 aromatic rings. The van der Waals surface area contributed by atoms with E-state index in [1.165, 1.54) is 6.42 Å². The predicted molar refractivity (Wildman–Crippen MR) is 69.4 cm³/mol. The van der Waals surface area contributed by atoms with Crippen molar-refractivity contribution in [2.75, 3.05) is 19.6 Å². The van der Waals surface area contributed by atoms with Gasteiger partial charge in [-0.3, -0.25) is 0 Å². The first-order valence-corrected chi connectivity index (χ1v) is 6.27. The molecule has 0 spiro atoms. The van der Waals surface area contributed by atoms with Crippen molar-refractivity contribution < 1.29 is 4.79 Å². The van der Waals surface area contributed by atoms with Crippen LogP contribution in [0.5, 0.6) is 0 Å². The minimum Gasteiger partial charge on any atom is -0.392 e. The molecule has 1 rings (SSSR count). The zero-order chi connectivity index (χ0) is 12.1. The number of rotatable bonds is 3. The van der Waals surface area contributed by atoms with Crippen molar-refractivity contribution in [3.8, 4) is 0 Å². The molecule has 92 valence electrons. The van der Waals surface area contributed by atoms with E-state index in [-0.39, 0.29) is 12.1 Å². The van der Waals surface area contributed by atoms with Gasteiger partial charge in [-0.2, -0.15) is 0 Å². The summed E-state index contributed by atoms with van der Waals surface area (Å²) in [7, 11) is 0. The summed E-state index contributed by atoms with van der Waals surface area (Å²) >= 11 is 4.88. The molecule has 1 fully saturated rings. The number of carbonyl (C=O) groups is 1. The Labute approximate surface area is 103 Å². The van der Waals surface area contributed by atoms with Crippen LogP contribution in [0.15, 0.2) is 0 Å². The molecule has 1 aliphatic heterocycles. The van der Waals surface area contributed by atoms with Crippen LogP contribution in [0.3, 0.4) is 0 Å². The average molecular weight is 243 g/mol. The summed E-state index contributed by atoms with van der Waals surface area (Å²) in [6.45, 7) is 6.07. The maximum absolute atomic E-state index is 12.2. The van der Waals surface area contributed by atoms with Gasteiger partial charge in [-0.15, -0.1) is 0 Å². The number of carbonyl (C=O) groups excluding carboxylic acids is 1. The number of nitrogens with two attached hydrogens (primary N) is 1. The van der Waals surface area contributed by atoms with Crippen LogP contribution in [0.25, 0.3) is 0 Å². The van der Waals surface area contributed by atoms with Crippen molar-refractivity contribution in [3.05, 3.63) is 0 Å². The van der Waals surface area contributed by atoms with Crippen LogP contribution >= 0.6 is 12.2 Å².